The quantitative estimate of drug-likeness (QED) is 0.926. The molecule has 114 valence electrons. The SMILES string of the molecule is CC(=O)N1CCC(C(=O)NCc2ccc(C)c(F)c2)CC1. The first-order chi connectivity index (χ1) is 9.97. The van der Waals surface area contributed by atoms with E-state index in [-0.39, 0.29) is 23.5 Å². The number of hydrogen-bond acceptors (Lipinski definition) is 2. The molecule has 0 radical (unpaired) electrons. The molecule has 0 spiro atoms. The number of nitrogens with one attached hydrogen (secondary N) is 1. The first kappa shape index (κ1) is 15.5. The third-order valence-electron chi connectivity index (χ3n) is 4.01. The van der Waals surface area contributed by atoms with Gasteiger partial charge in [-0.25, -0.2) is 4.39 Å². The van der Waals surface area contributed by atoms with E-state index >= 15 is 0 Å². The second-order valence-electron chi connectivity index (χ2n) is 5.58. The van der Waals surface area contributed by atoms with Crippen molar-refractivity contribution in [2.45, 2.75) is 33.2 Å². The molecule has 0 bridgehead atoms. The Bertz CT molecular complexity index is 537. The highest BCUT2D eigenvalue weighted by atomic mass is 19.1. The van der Waals surface area contributed by atoms with Gasteiger partial charge in [-0.15, -0.1) is 0 Å². The maximum absolute atomic E-state index is 13.4. The minimum absolute atomic E-state index is 0.0146. The van der Waals surface area contributed by atoms with Gasteiger partial charge in [0, 0.05) is 32.5 Å². The number of carbonyl (C=O) groups excluding carboxylic acids is 2. The average molecular weight is 292 g/mol. The van der Waals surface area contributed by atoms with Gasteiger partial charge in [-0.1, -0.05) is 12.1 Å². The summed E-state index contributed by atoms with van der Waals surface area (Å²) in [6.07, 6.45) is 1.38. The number of rotatable bonds is 3. The summed E-state index contributed by atoms with van der Waals surface area (Å²) in [5.74, 6) is -0.268. The van der Waals surface area contributed by atoms with Crippen molar-refractivity contribution >= 4 is 11.8 Å². The van der Waals surface area contributed by atoms with Crippen molar-refractivity contribution in [3.8, 4) is 0 Å². The molecule has 2 amide bonds. The lowest BCUT2D eigenvalue weighted by Gasteiger charge is -2.30. The molecule has 1 aliphatic rings. The molecule has 21 heavy (non-hydrogen) atoms. The van der Waals surface area contributed by atoms with Crippen LogP contribution in [-0.2, 0) is 16.1 Å². The molecule has 5 heteroatoms. The Balaban J connectivity index is 1.82. The third kappa shape index (κ3) is 4.03. The van der Waals surface area contributed by atoms with Crippen LogP contribution in [0.1, 0.15) is 30.9 Å². The van der Waals surface area contributed by atoms with E-state index in [0.717, 1.165) is 5.56 Å². The van der Waals surface area contributed by atoms with Crippen molar-refractivity contribution in [1.82, 2.24) is 10.2 Å². The van der Waals surface area contributed by atoms with Crippen LogP contribution in [0.5, 0.6) is 0 Å². The molecule has 4 nitrogen and oxygen atoms in total. The van der Waals surface area contributed by atoms with Gasteiger partial charge in [-0.2, -0.15) is 0 Å². The van der Waals surface area contributed by atoms with Crippen LogP contribution >= 0.6 is 0 Å². The highest BCUT2D eigenvalue weighted by Crippen LogP contribution is 2.17. The van der Waals surface area contributed by atoms with Crippen molar-refractivity contribution in [2.24, 2.45) is 5.92 Å². The van der Waals surface area contributed by atoms with Crippen LogP contribution in [0.2, 0.25) is 0 Å². The van der Waals surface area contributed by atoms with E-state index in [2.05, 4.69) is 5.32 Å². The van der Waals surface area contributed by atoms with Gasteiger partial charge in [0.15, 0.2) is 0 Å². The van der Waals surface area contributed by atoms with Gasteiger partial charge >= 0.3 is 0 Å². The summed E-state index contributed by atoms with van der Waals surface area (Å²) in [7, 11) is 0. The highest BCUT2D eigenvalue weighted by Gasteiger charge is 2.25. The van der Waals surface area contributed by atoms with Crippen molar-refractivity contribution in [1.29, 1.82) is 0 Å². The number of piperidine rings is 1. The first-order valence-electron chi connectivity index (χ1n) is 7.25. The maximum Gasteiger partial charge on any atom is 0.223 e. The molecule has 1 fully saturated rings. The van der Waals surface area contributed by atoms with Crippen LogP contribution in [0.3, 0.4) is 0 Å². The van der Waals surface area contributed by atoms with Gasteiger partial charge in [-0.3, -0.25) is 9.59 Å². The normalized spacial score (nSPS) is 15.9. The summed E-state index contributed by atoms with van der Waals surface area (Å²) < 4.78 is 13.4. The number of hydrogen-bond donors (Lipinski definition) is 1. The molecule has 0 atom stereocenters. The van der Waals surface area contributed by atoms with Crippen LogP contribution in [0.15, 0.2) is 18.2 Å². The molecular weight excluding hydrogens is 271 g/mol. The van der Waals surface area contributed by atoms with Crippen LogP contribution in [0.4, 0.5) is 4.39 Å². The van der Waals surface area contributed by atoms with Gasteiger partial charge in [0.05, 0.1) is 0 Å². The Labute approximate surface area is 124 Å². The summed E-state index contributed by atoms with van der Waals surface area (Å²) in [6, 6.07) is 4.98. The van der Waals surface area contributed by atoms with E-state index in [9.17, 15) is 14.0 Å². The van der Waals surface area contributed by atoms with Crippen molar-refractivity contribution in [3.63, 3.8) is 0 Å². The molecular formula is C16H21FN2O2. The number of halogens is 1. The second-order valence-corrected chi connectivity index (χ2v) is 5.58. The van der Waals surface area contributed by atoms with Crippen LogP contribution < -0.4 is 5.32 Å². The number of aryl methyl sites for hydroxylation is 1. The average Bonchev–Trinajstić information content (AvgIpc) is 2.48. The molecule has 0 saturated carbocycles. The second kappa shape index (κ2) is 6.70. The Hall–Kier alpha value is -1.91. The van der Waals surface area contributed by atoms with Gasteiger partial charge in [-0.05, 0) is 37.0 Å². The van der Waals surface area contributed by atoms with Crippen LogP contribution in [-0.4, -0.2) is 29.8 Å². The number of amides is 2. The van der Waals surface area contributed by atoms with E-state index in [1.54, 1.807) is 24.8 Å². The van der Waals surface area contributed by atoms with Gasteiger partial charge in [0.1, 0.15) is 5.82 Å². The zero-order valence-corrected chi connectivity index (χ0v) is 12.5. The monoisotopic (exact) mass is 292 g/mol. The number of likely N-dealkylation sites (tertiary alicyclic amines) is 1. The maximum atomic E-state index is 13.4. The zero-order valence-electron chi connectivity index (χ0n) is 12.5. The van der Waals surface area contributed by atoms with E-state index in [1.807, 2.05) is 6.07 Å². The van der Waals surface area contributed by atoms with E-state index in [4.69, 9.17) is 0 Å². The van der Waals surface area contributed by atoms with Gasteiger partial charge in [0.25, 0.3) is 0 Å². The fourth-order valence-corrected chi connectivity index (χ4v) is 2.54. The molecule has 1 aliphatic heterocycles. The summed E-state index contributed by atoms with van der Waals surface area (Å²) in [5, 5.41) is 2.85. The van der Waals surface area contributed by atoms with Gasteiger partial charge in [0.2, 0.25) is 11.8 Å². The standard InChI is InChI=1S/C16H21FN2O2/c1-11-3-4-13(9-15(11)17)10-18-16(21)14-5-7-19(8-6-14)12(2)20/h3-4,9,14H,5-8,10H2,1-2H3,(H,18,21). The molecule has 0 aromatic heterocycles. The molecule has 1 aromatic carbocycles. The smallest absolute Gasteiger partial charge is 0.223 e. The Morgan fingerprint density at radius 1 is 1.33 bits per heavy atom. The van der Waals surface area contributed by atoms with Gasteiger partial charge < -0.3 is 10.2 Å². The van der Waals surface area contributed by atoms with Crippen molar-refractivity contribution in [3.05, 3.63) is 35.1 Å². The summed E-state index contributed by atoms with van der Waals surface area (Å²) >= 11 is 0. The van der Waals surface area contributed by atoms with Crippen molar-refractivity contribution in [2.75, 3.05) is 13.1 Å². The minimum Gasteiger partial charge on any atom is -0.352 e. The summed E-state index contributed by atoms with van der Waals surface area (Å²) in [5.41, 5.74) is 1.36. The Kier molecular flexibility index (Phi) is 4.94. The molecule has 1 aromatic rings. The van der Waals surface area contributed by atoms with E-state index in [1.165, 1.54) is 6.07 Å². The summed E-state index contributed by atoms with van der Waals surface area (Å²) in [4.78, 5) is 25.1. The third-order valence-corrected chi connectivity index (χ3v) is 4.01. The molecule has 1 N–H and O–H groups in total. The van der Waals surface area contributed by atoms with Crippen LogP contribution in [0, 0.1) is 18.7 Å². The molecule has 0 unspecified atom stereocenters. The minimum atomic E-state index is -0.253. The topological polar surface area (TPSA) is 49.4 Å². The van der Waals surface area contributed by atoms with Crippen LogP contribution in [0.25, 0.3) is 0 Å². The Morgan fingerprint density at radius 3 is 2.57 bits per heavy atom. The van der Waals surface area contributed by atoms with E-state index < -0.39 is 0 Å². The molecule has 0 aliphatic carbocycles. The summed E-state index contributed by atoms with van der Waals surface area (Å²) in [6.45, 7) is 4.86. The lowest BCUT2D eigenvalue weighted by atomic mass is 9.96. The zero-order chi connectivity index (χ0) is 15.4. The predicted molar refractivity (Wildman–Crippen MR) is 78.0 cm³/mol. The highest BCUT2D eigenvalue weighted by molar-refractivity contribution is 5.79. The number of nitrogens with zero attached hydrogens (tertiary/aromatic N) is 1. The predicted octanol–water partition coefficient (Wildman–Crippen LogP) is 2.01. The molecule has 1 heterocycles. The fraction of sp³-hybridized carbons (Fsp3) is 0.500. The molecule has 1 saturated heterocycles. The molecule has 2 rings (SSSR count). The van der Waals surface area contributed by atoms with Crippen molar-refractivity contribution < 1.29 is 14.0 Å². The Morgan fingerprint density at radius 2 is 2.00 bits per heavy atom. The fourth-order valence-electron chi connectivity index (χ4n) is 2.54. The lowest BCUT2D eigenvalue weighted by Crippen LogP contribution is -2.42. The first-order valence-corrected chi connectivity index (χ1v) is 7.25. The number of benzene rings is 1. The lowest BCUT2D eigenvalue weighted by molar-refractivity contribution is -0.134. The van der Waals surface area contributed by atoms with E-state index in [0.29, 0.717) is 38.0 Å². The number of carbonyl (C=O) groups is 2. The largest absolute Gasteiger partial charge is 0.352 e.